The molecule has 0 amide bonds. The Morgan fingerprint density at radius 1 is 1.38 bits per heavy atom. The van der Waals surface area contributed by atoms with E-state index in [0.29, 0.717) is 12.1 Å². The van der Waals surface area contributed by atoms with Crippen LogP contribution in [-0.4, -0.2) is 39.8 Å². The van der Waals surface area contributed by atoms with Gasteiger partial charge in [-0.3, -0.25) is 0 Å². The van der Waals surface area contributed by atoms with Gasteiger partial charge in [-0.15, -0.1) is 0 Å². The number of pyridine rings is 1. The average Bonchev–Trinajstić information content (AvgIpc) is 3.31. The molecule has 0 spiro atoms. The Labute approximate surface area is 167 Å². The van der Waals surface area contributed by atoms with Gasteiger partial charge in [0.1, 0.15) is 18.5 Å². The molecule has 2 aromatic rings. The van der Waals surface area contributed by atoms with Gasteiger partial charge in [-0.25, -0.2) is 9.78 Å². The highest BCUT2D eigenvalue weighted by Crippen LogP contribution is 2.45. The van der Waals surface area contributed by atoms with Crippen LogP contribution in [-0.2, 0) is 22.5 Å². The summed E-state index contributed by atoms with van der Waals surface area (Å²) in [6, 6.07) is 6.22. The van der Waals surface area contributed by atoms with Crippen molar-refractivity contribution in [1.82, 2.24) is 9.88 Å². The first kappa shape index (κ1) is 16.8. The molecule has 5 heterocycles. The van der Waals surface area contributed by atoms with Crippen molar-refractivity contribution < 1.29 is 19.4 Å². The molecule has 0 saturated heterocycles. The highest BCUT2D eigenvalue weighted by molar-refractivity contribution is 5.91. The van der Waals surface area contributed by atoms with Crippen LogP contribution in [0, 0.1) is 0 Å². The van der Waals surface area contributed by atoms with E-state index < -0.39 is 12.1 Å². The molecule has 4 aliphatic heterocycles. The molecule has 0 fully saturated rings. The topological polar surface area (TPSA) is 71.9 Å². The predicted molar refractivity (Wildman–Crippen MR) is 107 cm³/mol. The second-order valence-corrected chi connectivity index (χ2v) is 7.96. The summed E-state index contributed by atoms with van der Waals surface area (Å²) in [5, 5.41) is 11.5. The van der Waals surface area contributed by atoms with Crippen molar-refractivity contribution in [2.75, 3.05) is 6.61 Å². The van der Waals surface area contributed by atoms with Crippen LogP contribution in [0.25, 0.3) is 16.6 Å². The van der Waals surface area contributed by atoms with Crippen LogP contribution >= 0.6 is 0 Å². The van der Waals surface area contributed by atoms with Crippen molar-refractivity contribution in [2.45, 2.75) is 38.5 Å². The quantitative estimate of drug-likeness (QED) is 0.758. The third-order valence-electron chi connectivity index (χ3n) is 6.38. The lowest BCUT2D eigenvalue weighted by Gasteiger charge is -2.33. The molecule has 1 aromatic carbocycles. The van der Waals surface area contributed by atoms with Gasteiger partial charge in [-0.2, -0.15) is 0 Å². The summed E-state index contributed by atoms with van der Waals surface area (Å²) in [5.74, 6) is 0.342. The summed E-state index contributed by atoms with van der Waals surface area (Å²) >= 11 is 0. The zero-order valence-corrected chi connectivity index (χ0v) is 16.1. The van der Waals surface area contributed by atoms with E-state index in [1.165, 1.54) is 5.56 Å². The van der Waals surface area contributed by atoms with E-state index >= 15 is 0 Å². The van der Waals surface area contributed by atoms with E-state index in [-0.39, 0.29) is 12.7 Å². The van der Waals surface area contributed by atoms with Crippen molar-refractivity contribution >= 4 is 22.6 Å². The highest BCUT2D eigenvalue weighted by atomic mass is 16.5. The lowest BCUT2D eigenvalue weighted by atomic mass is 9.93. The molecular formula is C23H20N2O4. The Balaban J connectivity index is 1.50. The smallest absolute Gasteiger partial charge is 0.340 e. The van der Waals surface area contributed by atoms with Gasteiger partial charge in [0.05, 0.1) is 23.5 Å². The standard InChI is InChI=1S/C23H20N2O4/c1-3-13-7-15-14-6-12-9-25-11(2)17-10-28-23(27)22(26)16(17)8-19(25)21(12)24-18(14)4-5-20(15)29-13/h4-6,8,13,22,26H,2-3,7,9-10H2,1H3. The minimum atomic E-state index is -1.28. The van der Waals surface area contributed by atoms with E-state index in [4.69, 9.17) is 14.5 Å². The molecule has 6 rings (SSSR count). The highest BCUT2D eigenvalue weighted by Gasteiger charge is 2.39. The molecule has 2 unspecified atom stereocenters. The maximum atomic E-state index is 11.8. The first-order valence-electron chi connectivity index (χ1n) is 9.94. The number of cyclic esters (lactones) is 1. The molecule has 4 aliphatic rings. The summed E-state index contributed by atoms with van der Waals surface area (Å²) in [6.07, 6.45) is 2.71. The van der Waals surface area contributed by atoms with Crippen LogP contribution in [0.4, 0.5) is 0 Å². The van der Waals surface area contributed by atoms with Crippen LogP contribution in [0.2, 0.25) is 0 Å². The van der Waals surface area contributed by atoms with Crippen molar-refractivity contribution in [2.24, 2.45) is 0 Å². The van der Waals surface area contributed by atoms with Gasteiger partial charge < -0.3 is 19.5 Å². The van der Waals surface area contributed by atoms with Crippen LogP contribution in [0.15, 0.2) is 47.7 Å². The number of benzene rings is 1. The molecule has 6 heteroatoms. The zero-order chi connectivity index (χ0) is 19.9. The summed E-state index contributed by atoms with van der Waals surface area (Å²) in [4.78, 5) is 18.9. The number of nitrogens with zero attached hydrogens (tertiary/aromatic N) is 2. The Kier molecular flexibility index (Phi) is 3.30. The number of esters is 1. The van der Waals surface area contributed by atoms with Gasteiger partial charge in [0.2, 0.25) is 0 Å². The van der Waals surface area contributed by atoms with E-state index in [9.17, 15) is 9.90 Å². The third kappa shape index (κ3) is 2.20. The molecule has 1 N–H and O–H groups in total. The Morgan fingerprint density at radius 2 is 2.24 bits per heavy atom. The second-order valence-electron chi connectivity index (χ2n) is 7.96. The largest absolute Gasteiger partial charge is 0.490 e. The fraction of sp³-hybridized carbons (Fsp3) is 0.304. The van der Waals surface area contributed by atoms with Crippen LogP contribution < -0.4 is 4.74 Å². The van der Waals surface area contributed by atoms with E-state index in [1.54, 1.807) is 0 Å². The van der Waals surface area contributed by atoms with Crippen molar-refractivity contribution in [3.63, 3.8) is 0 Å². The Morgan fingerprint density at radius 3 is 3.07 bits per heavy atom. The minimum absolute atomic E-state index is 0.138. The monoisotopic (exact) mass is 388 g/mol. The van der Waals surface area contributed by atoms with Gasteiger partial charge in [0.15, 0.2) is 6.10 Å². The van der Waals surface area contributed by atoms with E-state index in [1.807, 2.05) is 18.2 Å². The molecule has 146 valence electrons. The van der Waals surface area contributed by atoms with Gasteiger partial charge in [0.25, 0.3) is 0 Å². The number of hydrogen-bond acceptors (Lipinski definition) is 6. The fourth-order valence-corrected chi connectivity index (χ4v) is 4.76. The van der Waals surface area contributed by atoms with Crippen molar-refractivity contribution in [3.8, 4) is 5.75 Å². The predicted octanol–water partition coefficient (Wildman–Crippen LogP) is 2.85. The molecular weight excluding hydrogens is 368 g/mol. The first-order chi connectivity index (χ1) is 14.0. The zero-order valence-electron chi connectivity index (χ0n) is 16.1. The van der Waals surface area contributed by atoms with Gasteiger partial charge in [-0.1, -0.05) is 13.5 Å². The second kappa shape index (κ2) is 5.70. The van der Waals surface area contributed by atoms with Crippen LogP contribution in [0.5, 0.6) is 5.75 Å². The van der Waals surface area contributed by atoms with Crippen molar-refractivity contribution in [1.29, 1.82) is 0 Å². The number of fused-ring (bicyclic) bond motifs is 6. The van der Waals surface area contributed by atoms with Gasteiger partial charge in [-0.05, 0) is 30.7 Å². The molecule has 0 bridgehead atoms. The maximum Gasteiger partial charge on any atom is 0.340 e. The molecule has 2 atom stereocenters. The number of aliphatic hydroxyl groups excluding tert-OH is 1. The number of aliphatic hydroxyl groups is 1. The van der Waals surface area contributed by atoms with E-state index in [2.05, 4.69) is 24.5 Å². The Bertz CT molecular complexity index is 1190. The summed E-state index contributed by atoms with van der Waals surface area (Å²) in [7, 11) is 0. The number of carbonyl (C=O) groups excluding carboxylic acids is 1. The third-order valence-corrected chi connectivity index (χ3v) is 6.38. The minimum Gasteiger partial charge on any atom is -0.490 e. The SMILES string of the molecule is C=C1C2=C(C=C3c4nc5ccc6c(c5cc4CN13)CC(CC)O6)C(O)C(=O)OC2. The average molecular weight is 388 g/mol. The summed E-state index contributed by atoms with van der Waals surface area (Å²) in [6.45, 7) is 7.15. The molecule has 29 heavy (non-hydrogen) atoms. The lowest BCUT2D eigenvalue weighted by Crippen LogP contribution is -2.36. The molecule has 0 radical (unpaired) electrons. The van der Waals surface area contributed by atoms with Crippen LogP contribution in [0.3, 0.4) is 0 Å². The summed E-state index contributed by atoms with van der Waals surface area (Å²) in [5.41, 5.74) is 7.13. The number of hydrogen-bond donors (Lipinski definition) is 1. The number of carbonyl (C=O) groups is 1. The normalized spacial score (nSPS) is 24.6. The number of aromatic nitrogens is 1. The van der Waals surface area contributed by atoms with Crippen molar-refractivity contribution in [3.05, 3.63) is 64.5 Å². The number of ether oxygens (including phenoxy) is 2. The fourth-order valence-electron chi connectivity index (χ4n) is 4.76. The van der Waals surface area contributed by atoms with Gasteiger partial charge >= 0.3 is 5.97 Å². The molecule has 0 aliphatic carbocycles. The molecule has 6 nitrogen and oxygen atoms in total. The van der Waals surface area contributed by atoms with Gasteiger partial charge in [0, 0.05) is 39.8 Å². The molecule has 1 aromatic heterocycles. The van der Waals surface area contributed by atoms with E-state index in [0.717, 1.165) is 57.7 Å². The Hall–Kier alpha value is -3.12. The number of rotatable bonds is 1. The maximum absolute atomic E-state index is 11.8. The summed E-state index contributed by atoms with van der Waals surface area (Å²) < 4.78 is 11.1. The first-order valence-corrected chi connectivity index (χ1v) is 9.94. The lowest BCUT2D eigenvalue weighted by molar-refractivity contribution is -0.151. The van der Waals surface area contributed by atoms with Crippen LogP contribution in [0.1, 0.15) is 30.2 Å². The molecule has 0 saturated carbocycles.